The monoisotopic (exact) mass is 505 g/mol. The van der Waals surface area contributed by atoms with Gasteiger partial charge in [-0.2, -0.15) is 4.98 Å². The molecule has 0 saturated carbocycles. The van der Waals surface area contributed by atoms with Crippen molar-refractivity contribution < 1.29 is 14.1 Å². The summed E-state index contributed by atoms with van der Waals surface area (Å²) in [6.45, 7) is 10.0. The molecular formula is C23H25BrClN3O3. The first-order chi connectivity index (χ1) is 14.7. The third kappa shape index (κ3) is 5.46. The summed E-state index contributed by atoms with van der Waals surface area (Å²) in [5.41, 5.74) is 3.96. The quantitative estimate of drug-likeness (QED) is 0.399. The van der Waals surface area contributed by atoms with Crippen LogP contribution in [0.4, 0.5) is 0 Å². The second-order valence-electron chi connectivity index (χ2n) is 7.68. The maximum Gasteiger partial charge on any atom is 0.261 e. The first-order valence-electron chi connectivity index (χ1n) is 9.94. The number of aryl methyl sites for hydroxylation is 1. The number of halogens is 2. The summed E-state index contributed by atoms with van der Waals surface area (Å²) < 4.78 is 12.3. The molecule has 0 N–H and O–H groups in total. The highest BCUT2D eigenvalue weighted by Gasteiger charge is 2.22. The average Bonchev–Trinajstić information content (AvgIpc) is 3.21. The van der Waals surface area contributed by atoms with Gasteiger partial charge in [-0.25, -0.2) is 0 Å². The summed E-state index contributed by atoms with van der Waals surface area (Å²) in [6, 6.07) is 9.05. The van der Waals surface area contributed by atoms with E-state index in [0.29, 0.717) is 22.5 Å². The Labute approximate surface area is 195 Å². The van der Waals surface area contributed by atoms with Crippen molar-refractivity contribution >= 4 is 33.4 Å². The predicted octanol–water partition coefficient (Wildman–Crippen LogP) is 5.89. The number of carbonyl (C=O) groups excluding carboxylic acids is 1. The number of nitrogens with zero attached hydrogens (tertiary/aromatic N) is 3. The van der Waals surface area contributed by atoms with Crippen LogP contribution in [0.1, 0.15) is 36.4 Å². The molecule has 0 bridgehead atoms. The number of rotatable bonds is 7. The number of aromatic nitrogens is 2. The molecule has 0 fully saturated rings. The van der Waals surface area contributed by atoms with E-state index in [1.807, 2.05) is 52.8 Å². The maximum absolute atomic E-state index is 12.9. The number of ether oxygens (including phenoxy) is 1. The average molecular weight is 507 g/mol. The molecule has 0 spiro atoms. The molecule has 0 aliphatic rings. The highest BCUT2D eigenvalue weighted by atomic mass is 79.9. The van der Waals surface area contributed by atoms with Crippen molar-refractivity contribution in [3.8, 4) is 17.1 Å². The molecule has 0 unspecified atom stereocenters. The SMILES string of the molecule is Cc1cc(OCC(=O)N(Cc2nc(-c3ccc(Cl)cc3)no2)C(C)C)c(C)c(C)c1Br. The number of hydrogen-bond acceptors (Lipinski definition) is 5. The zero-order valence-corrected chi connectivity index (χ0v) is 20.5. The van der Waals surface area contributed by atoms with Crippen LogP contribution >= 0.6 is 27.5 Å². The molecule has 1 aromatic heterocycles. The molecule has 8 heteroatoms. The lowest BCUT2D eigenvalue weighted by Crippen LogP contribution is -2.39. The largest absolute Gasteiger partial charge is 0.483 e. The maximum atomic E-state index is 12.9. The van der Waals surface area contributed by atoms with Gasteiger partial charge >= 0.3 is 0 Å². The van der Waals surface area contributed by atoms with E-state index >= 15 is 0 Å². The molecule has 0 atom stereocenters. The van der Waals surface area contributed by atoms with Gasteiger partial charge in [0, 0.05) is 21.1 Å². The number of benzene rings is 2. The second-order valence-corrected chi connectivity index (χ2v) is 8.91. The lowest BCUT2D eigenvalue weighted by atomic mass is 10.1. The Bertz CT molecular complexity index is 1080. The van der Waals surface area contributed by atoms with E-state index in [0.717, 1.165) is 26.7 Å². The highest BCUT2D eigenvalue weighted by molar-refractivity contribution is 9.10. The topological polar surface area (TPSA) is 68.5 Å². The molecular weight excluding hydrogens is 482 g/mol. The van der Waals surface area contributed by atoms with Crippen molar-refractivity contribution in [2.45, 2.75) is 47.2 Å². The van der Waals surface area contributed by atoms with Gasteiger partial charge in [0.15, 0.2) is 6.61 Å². The molecule has 1 amide bonds. The summed E-state index contributed by atoms with van der Waals surface area (Å²) in [5, 5.41) is 4.65. The van der Waals surface area contributed by atoms with Gasteiger partial charge in [-0.15, -0.1) is 0 Å². The van der Waals surface area contributed by atoms with Gasteiger partial charge in [-0.1, -0.05) is 32.7 Å². The van der Waals surface area contributed by atoms with E-state index in [1.54, 1.807) is 17.0 Å². The van der Waals surface area contributed by atoms with Gasteiger partial charge in [-0.3, -0.25) is 4.79 Å². The highest BCUT2D eigenvalue weighted by Crippen LogP contribution is 2.31. The van der Waals surface area contributed by atoms with Crippen LogP contribution < -0.4 is 4.74 Å². The first kappa shape index (κ1) is 23.3. The first-order valence-corrected chi connectivity index (χ1v) is 11.1. The van der Waals surface area contributed by atoms with Gasteiger partial charge in [0.1, 0.15) is 12.3 Å². The summed E-state index contributed by atoms with van der Waals surface area (Å²) in [7, 11) is 0. The van der Waals surface area contributed by atoms with Crippen LogP contribution in [0.15, 0.2) is 39.3 Å². The smallest absolute Gasteiger partial charge is 0.261 e. The van der Waals surface area contributed by atoms with E-state index in [4.69, 9.17) is 20.9 Å². The lowest BCUT2D eigenvalue weighted by molar-refractivity contribution is -0.136. The minimum Gasteiger partial charge on any atom is -0.483 e. The molecule has 0 saturated heterocycles. The number of amides is 1. The fourth-order valence-electron chi connectivity index (χ4n) is 3.13. The zero-order valence-electron chi connectivity index (χ0n) is 18.2. The molecule has 31 heavy (non-hydrogen) atoms. The van der Waals surface area contributed by atoms with Gasteiger partial charge in [0.25, 0.3) is 5.91 Å². The number of hydrogen-bond donors (Lipinski definition) is 0. The third-order valence-electron chi connectivity index (χ3n) is 5.13. The van der Waals surface area contributed by atoms with E-state index in [-0.39, 0.29) is 25.1 Å². The van der Waals surface area contributed by atoms with Gasteiger partial charge < -0.3 is 14.2 Å². The molecule has 0 radical (unpaired) electrons. The molecule has 6 nitrogen and oxygen atoms in total. The Balaban J connectivity index is 1.70. The fraction of sp³-hybridized carbons (Fsp3) is 0.348. The third-order valence-corrected chi connectivity index (χ3v) is 6.60. The predicted molar refractivity (Wildman–Crippen MR) is 124 cm³/mol. The van der Waals surface area contributed by atoms with Gasteiger partial charge in [0.2, 0.25) is 11.7 Å². The second kappa shape index (κ2) is 9.83. The van der Waals surface area contributed by atoms with E-state index in [2.05, 4.69) is 26.1 Å². The Morgan fingerprint density at radius 1 is 1.19 bits per heavy atom. The minimum absolute atomic E-state index is 0.0588. The lowest BCUT2D eigenvalue weighted by Gasteiger charge is -2.25. The summed E-state index contributed by atoms with van der Waals surface area (Å²) in [4.78, 5) is 19.0. The standard InChI is InChI=1S/C23H25BrClN3O3/c1-13(2)28(11-20-26-23(27-31-20)17-6-8-18(25)9-7-17)21(29)12-30-19-10-14(3)22(24)16(5)15(19)4/h6-10,13H,11-12H2,1-5H3. The van der Waals surface area contributed by atoms with Crippen LogP contribution in [0, 0.1) is 20.8 Å². The van der Waals surface area contributed by atoms with Crippen molar-refractivity contribution in [1.29, 1.82) is 0 Å². The van der Waals surface area contributed by atoms with Gasteiger partial charge in [-0.05, 0) is 81.6 Å². The van der Waals surface area contributed by atoms with Crippen molar-refractivity contribution in [3.05, 3.63) is 62.4 Å². The van der Waals surface area contributed by atoms with Crippen LogP contribution in [-0.4, -0.2) is 33.6 Å². The summed E-state index contributed by atoms with van der Waals surface area (Å²) in [5.74, 6) is 1.37. The molecule has 164 valence electrons. The van der Waals surface area contributed by atoms with Crippen molar-refractivity contribution in [2.75, 3.05) is 6.61 Å². The Hall–Kier alpha value is -2.38. The molecule has 3 rings (SSSR count). The summed E-state index contributed by atoms with van der Waals surface area (Å²) >= 11 is 9.51. The Kier molecular flexibility index (Phi) is 7.38. The van der Waals surface area contributed by atoms with Crippen LogP contribution in [-0.2, 0) is 11.3 Å². The van der Waals surface area contributed by atoms with Crippen molar-refractivity contribution in [3.63, 3.8) is 0 Å². The molecule has 1 heterocycles. The van der Waals surface area contributed by atoms with Crippen LogP contribution in [0.2, 0.25) is 5.02 Å². The van der Waals surface area contributed by atoms with E-state index in [1.165, 1.54) is 0 Å². The number of carbonyl (C=O) groups is 1. The van der Waals surface area contributed by atoms with Crippen LogP contribution in [0.5, 0.6) is 5.75 Å². The van der Waals surface area contributed by atoms with Crippen molar-refractivity contribution in [1.82, 2.24) is 15.0 Å². The zero-order chi connectivity index (χ0) is 22.7. The Morgan fingerprint density at radius 3 is 2.52 bits per heavy atom. The van der Waals surface area contributed by atoms with Gasteiger partial charge in [0.05, 0.1) is 0 Å². The molecule has 2 aromatic carbocycles. The van der Waals surface area contributed by atoms with Crippen molar-refractivity contribution in [2.24, 2.45) is 0 Å². The normalized spacial score (nSPS) is 11.1. The molecule has 0 aliphatic heterocycles. The fourth-order valence-corrected chi connectivity index (χ4v) is 3.66. The molecule has 0 aliphatic carbocycles. The molecule has 3 aromatic rings. The summed E-state index contributed by atoms with van der Waals surface area (Å²) in [6.07, 6.45) is 0. The minimum atomic E-state index is -0.154. The Morgan fingerprint density at radius 2 is 1.87 bits per heavy atom. The van der Waals surface area contributed by atoms with E-state index in [9.17, 15) is 4.79 Å². The van der Waals surface area contributed by atoms with Crippen LogP contribution in [0.3, 0.4) is 0 Å². The van der Waals surface area contributed by atoms with Crippen LogP contribution in [0.25, 0.3) is 11.4 Å². The van der Waals surface area contributed by atoms with E-state index < -0.39 is 0 Å².